The summed E-state index contributed by atoms with van der Waals surface area (Å²) in [5, 5.41) is 6.67. The molecule has 2 saturated heterocycles. The Bertz CT molecular complexity index is 768. The first-order valence-corrected chi connectivity index (χ1v) is 11.0. The Morgan fingerprint density at radius 3 is 2.85 bits per heavy atom. The lowest BCUT2D eigenvalue weighted by Crippen LogP contribution is -2.46. The largest absolute Gasteiger partial charge is 0.495 e. The summed E-state index contributed by atoms with van der Waals surface area (Å²) >= 11 is 0. The van der Waals surface area contributed by atoms with Gasteiger partial charge in [0.05, 0.1) is 18.6 Å². The number of nitrogens with one attached hydrogen (secondary N) is 2. The van der Waals surface area contributed by atoms with Gasteiger partial charge in [-0.05, 0) is 25.0 Å². The zero-order chi connectivity index (χ0) is 19.3. The third-order valence-corrected chi connectivity index (χ3v) is 6.99. The highest BCUT2D eigenvalue weighted by atomic mass is 32.2. The predicted molar refractivity (Wildman–Crippen MR) is 108 cm³/mol. The molecule has 0 aromatic heterocycles. The van der Waals surface area contributed by atoms with Crippen LogP contribution in [-0.4, -0.2) is 77.4 Å². The maximum absolute atomic E-state index is 11.8. The summed E-state index contributed by atoms with van der Waals surface area (Å²) in [4.78, 5) is 6.57. The molecule has 27 heavy (non-hydrogen) atoms. The molecule has 2 aliphatic rings. The number of benzene rings is 1. The van der Waals surface area contributed by atoms with Crippen molar-refractivity contribution in [3.05, 3.63) is 24.3 Å². The van der Waals surface area contributed by atoms with Crippen molar-refractivity contribution >= 4 is 21.7 Å². The van der Waals surface area contributed by atoms with Crippen molar-refractivity contribution in [1.29, 1.82) is 0 Å². The van der Waals surface area contributed by atoms with Gasteiger partial charge in [0.15, 0.2) is 5.96 Å². The van der Waals surface area contributed by atoms with Crippen LogP contribution in [0.1, 0.15) is 12.8 Å². The molecule has 3 rings (SSSR count). The average Bonchev–Trinajstić information content (AvgIpc) is 3.27. The van der Waals surface area contributed by atoms with Gasteiger partial charge in [-0.25, -0.2) is 12.7 Å². The van der Waals surface area contributed by atoms with Crippen molar-refractivity contribution in [3.63, 3.8) is 0 Å². The predicted octanol–water partition coefficient (Wildman–Crippen LogP) is 0.474. The van der Waals surface area contributed by atoms with E-state index in [9.17, 15) is 8.42 Å². The lowest BCUT2D eigenvalue weighted by molar-refractivity contribution is 0.415. The second kappa shape index (κ2) is 8.79. The molecule has 0 radical (unpaired) electrons. The zero-order valence-electron chi connectivity index (χ0n) is 16.0. The van der Waals surface area contributed by atoms with E-state index in [0.29, 0.717) is 25.6 Å². The van der Waals surface area contributed by atoms with Crippen LogP contribution in [0.4, 0.5) is 5.69 Å². The van der Waals surface area contributed by atoms with Gasteiger partial charge in [-0.1, -0.05) is 12.1 Å². The topological polar surface area (TPSA) is 86.3 Å². The second-order valence-corrected chi connectivity index (χ2v) is 8.90. The Hall–Kier alpha value is -2.00. The van der Waals surface area contributed by atoms with Gasteiger partial charge in [0.2, 0.25) is 10.0 Å². The lowest BCUT2D eigenvalue weighted by Gasteiger charge is -2.22. The monoisotopic (exact) mass is 395 g/mol. The fraction of sp³-hybridized carbons (Fsp3) is 0.611. The summed E-state index contributed by atoms with van der Waals surface area (Å²) in [6.45, 7) is 3.44. The summed E-state index contributed by atoms with van der Waals surface area (Å²) < 4.78 is 30.7. The van der Waals surface area contributed by atoms with Crippen LogP contribution in [0.25, 0.3) is 0 Å². The fourth-order valence-electron chi connectivity index (χ4n) is 3.62. The van der Waals surface area contributed by atoms with Gasteiger partial charge in [-0.15, -0.1) is 0 Å². The fourth-order valence-corrected chi connectivity index (χ4v) is 5.15. The van der Waals surface area contributed by atoms with Gasteiger partial charge in [0, 0.05) is 45.8 Å². The molecular weight excluding hydrogens is 366 g/mol. The van der Waals surface area contributed by atoms with Crippen LogP contribution in [0.15, 0.2) is 29.3 Å². The Kier molecular flexibility index (Phi) is 6.43. The first kappa shape index (κ1) is 19.8. The third kappa shape index (κ3) is 4.84. The quantitative estimate of drug-likeness (QED) is 0.538. The molecule has 2 aliphatic heterocycles. The van der Waals surface area contributed by atoms with Crippen LogP contribution < -0.4 is 20.3 Å². The molecule has 1 aromatic rings. The number of rotatable bonds is 6. The second-order valence-electron chi connectivity index (χ2n) is 6.82. The van der Waals surface area contributed by atoms with E-state index in [1.165, 1.54) is 0 Å². The Morgan fingerprint density at radius 1 is 1.33 bits per heavy atom. The molecule has 1 atom stereocenters. The number of anilines is 1. The van der Waals surface area contributed by atoms with E-state index in [4.69, 9.17) is 4.74 Å². The molecule has 0 saturated carbocycles. The highest BCUT2D eigenvalue weighted by Gasteiger charge is 2.28. The van der Waals surface area contributed by atoms with Crippen LogP contribution in [-0.2, 0) is 10.0 Å². The molecule has 1 unspecified atom stereocenters. The molecule has 2 fully saturated rings. The van der Waals surface area contributed by atoms with Crippen LogP contribution >= 0.6 is 0 Å². The lowest BCUT2D eigenvalue weighted by atomic mass is 10.2. The number of nitrogens with zero attached hydrogens (tertiary/aromatic N) is 3. The number of aliphatic imine (C=N–C) groups is 1. The molecule has 2 N–H and O–H groups in total. The van der Waals surface area contributed by atoms with E-state index in [2.05, 4.69) is 26.6 Å². The number of para-hydroxylation sites is 2. The summed E-state index contributed by atoms with van der Waals surface area (Å²) in [6, 6.07) is 8.32. The van der Waals surface area contributed by atoms with Gasteiger partial charge in [0.1, 0.15) is 5.75 Å². The summed E-state index contributed by atoms with van der Waals surface area (Å²) in [5.74, 6) is 1.85. The van der Waals surface area contributed by atoms with Gasteiger partial charge in [-0.3, -0.25) is 4.99 Å². The van der Waals surface area contributed by atoms with Gasteiger partial charge < -0.3 is 20.3 Å². The highest BCUT2D eigenvalue weighted by Crippen LogP contribution is 2.30. The van der Waals surface area contributed by atoms with E-state index in [-0.39, 0.29) is 11.8 Å². The maximum Gasteiger partial charge on any atom is 0.214 e. The SMILES string of the molecule is CN=C(NCCN1CCCS1(=O)=O)NC1CCN(c2ccccc2OC)C1. The molecule has 0 amide bonds. The smallest absolute Gasteiger partial charge is 0.214 e. The van der Waals surface area contributed by atoms with Crippen molar-refractivity contribution in [2.75, 3.05) is 57.5 Å². The average molecular weight is 396 g/mol. The van der Waals surface area contributed by atoms with E-state index in [0.717, 1.165) is 37.4 Å². The molecule has 2 heterocycles. The number of hydrogen-bond donors (Lipinski definition) is 2. The first-order chi connectivity index (χ1) is 13.0. The van der Waals surface area contributed by atoms with Crippen LogP contribution in [0.5, 0.6) is 5.75 Å². The minimum Gasteiger partial charge on any atom is -0.495 e. The number of sulfonamides is 1. The van der Waals surface area contributed by atoms with Crippen molar-refractivity contribution in [1.82, 2.24) is 14.9 Å². The molecular formula is C18H29N5O3S. The Labute approximate surface area is 161 Å². The zero-order valence-corrected chi connectivity index (χ0v) is 16.8. The van der Waals surface area contributed by atoms with Crippen molar-refractivity contribution in [2.24, 2.45) is 4.99 Å². The molecule has 0 aliphatic carbocycles. The van der Waals surface area contributed by atoms with Crippen LogP contribution in [0.2, 0.25) is 0 Å². The summed E-state index contributed by atoms with van der Waals surface area (Å²) in [6.07, 6.45) is 1.72. The number of hydrogen-bond acceptors (Lipinski definition) is 5. The number of ether oxygens (including phenoxy) is 1. The molecule has 9 heteroatoms. The van der Waals surface area contributed by atoms with Crippen LogP contribution in [0, 0.1) is 0 Å². The van der Waals surface area contributed by atoms with Crippen LogP contribution in [0.3, 0.4) is 0 Å². The van der Waals surface area contributed by atoms with Gasteiger partial charge in [-0.2, -0.15) is 0 Å². The molecule has 0 spiro atoms. The Morgan fingerprint density at radius 2 is 2.15 bits per heavy atom. The normalized spacial score (nSPS) is 22.8. The third-order valence-electron chi connectivity index (χ3n) is 5.04. The van der Waals surface area contributed by atoms with Crippen molar-refractivity contribution < 1.29 is 13.2 Å². The summed E-state index contributed by atoms with van der Waals surface area (Å²) in [5.41, 5.74) is 1.10. The van der Waals surface area contributed by atoms with E-state index < -0.39 is 10.0 Å². The molecule has 150 valence electrons. The van der Waals surface area contributed by atoms with E-state index in [1.807, 2.05) is 18.2 Å². The van der Waals surface area contributed by atoms with Crippen molar-refractivity contribution in [2.45, 2.75) is 18.9 Å². The first-order valence-electron chi connectivity index (χ1n) is 9.36. The highest BCUT2D eigenvalue weighted by molar-refractivity contribution is 7.89. The minimum absolute atomic E-state index is 0.265. The number of methoxy groups -OCH3 is 1. The molecule has 0 bridgehead atoms. The van der Waals surface area contributed by atoms with E-state index >= 15 is 0 Å². The number of guanidine groups is 1. The van der Waals surface area contributed by atoms with Gasteiger partial charge >= 0.3 is 0 Å². The standard InChI is InChI=1S/C18H29N5O3S/c1-19-18(20-9-12-23-10-5-13-27(23,24)25)21-15-8-11-22(14-15)16-6-3-4-7-17(16)26-2/h3-4,6-7,15H,5,8-14H2,1-2H3,(H2,19,20,21). The van der Waals surface area contributed by atoms with E-state index in [1.54, 1.807) is 18.5 Å². The molecule has 1 aromatic carbocycles. The van der Waals surface area contributed by atoms with Gasteiger partial charge in [0.25, 0.3) is 0 Å². The van der Waals surface area contributed by atoms with Crippen molar-refractivity contribution in [3.8, 4) is 5.75 Å². The maximum atomic E-state index is 11.8. The minimum atomic E-state index is -3.04. The molecule has 8 nitrogen and oxygen atoms in total. The summed E-state index contributed by atoms with van der Waals surface area (Å²) in [7, 11) is 0.378. The Balaban J connectivity index is 1.48.